The Balaban J connectivity index is 1.43. The van der Waals surface area contributed by atoms with E-state index in [2.05, 4.69) is 29.0 Å². The monoisotopic (exact) mass is 436 g/mol. The van der Waals surface area contributed by atoms with Gasteiger partial charge < -0.3 is 19.5 Å². The lowest BCUT2D eigenvalue weighted by Crippen LogP contribution is -2.45. The van der Waals surface area contributed by atoms with Crippen LogP contribution >= 0.6 is 0 Å². The number of allylic oxidation sites excluding steroid dienone is 3. The number of pyridine rings is 1. The van der Waals surface area contributed by atoms with Crippen LogP contribution in [0.25, 0.3) is 5.57 Å². The van der Waals surface area contributed by atoms with Crippen molar-refractivity contribution < 1.29 is 14.6 Å². The summed E-state index contributed by atoms with van der Waals surface area (Å²) in [5.41, 5.74) is 4.31. The topological polar surface area (TPSA) is 79.5 Å². The molecule has 4 aliphatic heterocycles. The summed E-state index contributed by atoms with van der Waals surface area (Å²) in [6, 6.07) is 4.06. The lowest BCUT2D eigenvalue weighted by molar-refractivity contribution is -0.0705. The fraction of sp³-hybridized carbons (Fsp3) is 0.560. The second-order valence-electron chi connectivity index (χ2n) is 9.05. The van der Waals surface area contributed by atoms with Crippen LogP contribution in [0.5, 0.6) is 0 Å². The first kappa shape index (κ1) is 21.5. The Kier molecular flexibility index (Phi) is 6.22. The van der Waals surface area contributed by atoms with E-state index >= 15 is 0 Å². The van der Waals surface area contributed by atoms with Gasteiger partial charge in [-0.25, -0.2) is 4.99 Å². The first-order valence-electron chi connectivity index (χ1n) is 11.8. The molecule has 4 aliphatic rings. The van der Waals surface area contributed by atoms with Gasteiger partial charge in [-0.05, 0) is 43.4 Å². The van der Waals surface area contributed by atoms with Gasteiger partial charge in [0.25, 0.3) is 0 Å². The van der Waals surface area contributed by atoms with Gasteiger partial charge in [0.05, 0.1) is 24.6 Å². The molecule has 0 amide bonds. The molecule has 0 aromatic carbocycles. The number of aliphatic hydroxyl groups is 1. The van der Waals surface area contributed by atoms with Gasteiger partial charge in [-0.1, -0.05) is 12.1 Å². The Morgan fingerprint density at radius 2 is 1.88 bits per heavy atom. The summed E-state index contributed by atoms with van der Waals surface area (Å²) in [5.74, 6) is 1.36. The van der Waals surface area contributed by atoms with Crippen molar-refractivity contribution in [3.8, 4) is 0 Å². The maximum Gasteiger partial charge on any atom is 0.150 e. The number of hydrogen-bond acceptors (Lipinski definition) is 7. The molecule has 2 fully saturated rings. The fourth-order valence-corrected chi connectivity index (χ4v) is 5.04. The molecule has 1 unspecified atom stereocenters. The van der Waals surface area contributed by atoms with Gasteiger partial charge in [-0.3, -0.25) is 9.98 Å². The summed E-state index contributed by atoms with van der Waals surface area (Å²) < 4.78 is 10.9. The molecule has 32 heavy (non-hydrogen) atoms. The zero-order valence-corrected chi connectivity index (χ0v) is 18.8. The molecule has 7 nitrogen and oxygen atoms in total. The quantitative estimate of drug-likeness (QED) is 0.770. The highest BCUT2D eigenvalue weighted by molar-refractivity contribution is 6.42. The molecule has 1 atom stereocenters. The number of nitrogens with zero attached hydrogens (tertiary/aromatic N) is 4. The van der Waals surface area contributed by atoms with Crippen LogP contribution in [0.15, 0.2) is 46.3 Å². The fourth-order valence-electron chi connectivity index (χ4n) is 5.04. The lowest BCUT2D eigenvalue weighted by Gasteiger charge is -2.31. The summed E-state index contributed by atoms with van der Waals surface area (Å²) in [6.45, 7) is 6.42. The number of morpholine rings is 1. The molecule has 0 bridgehead atoms. The van der Waals surface area contributed by atoms with E-state index in [1.54, 1.807) is 0 Å². The number of fused-ring (bicyclic) bond motifs is 1. The van der Waals surface area contributed by atoms with Crippen molar-refractivity contribution in [2.24, 2.45) is 15.9 Å². The van der Waals surface area contributed by atoms with E-state index < -0.39 is 5.60 Å². The average Bonchev–Trinajstić information content (AvgIpc) is 3.12. The van der Waals surface area contributed by atoms with Gasteiger partial charge in [0.2, 0.25) is 0 Å². The highest BCUT2D eigenvalue weighted by Gasteiger charge is 2.33. The number of hydrogen-bond donors (Lipinski definition) is 1. The molecule has 0 aliphatic carbocycles. The minimum absolute atomic E-state index is 0.359. The second-order valence-corrected chi connectivity index (χ2v) is 9.05. The molecular formula is C25H32N4O3. The van der Waals surface area contributed by atoms with E-state index in [1.807, 2.05) is 18.5 Å². The first-order chi connectivity index (χ1) is 15.6. The molecule has 1 N–H and O–H groups in total. The van der Waals surface area contributed by atoms with Crippen LogP contribution in [-0.4, -0.2) is 66.1 Å². The van der Waals surface area contributed by atoms with Crippen molar-refractivity contribution in [2.75, 3.05) is 39.5 Å². The summed E-state index contributed by atoms with van der Waals surface area (Å²) in [4.78, 5) is 16.9. The minimum atomic E-state index is -0.882. The van der Waals surface area contributed by atoms with Gasteiger partial charge in [0.1, 0.15) is 5.60 Å². The van der Waals surface area contributed by atoms with Gasteiger partial charge in [-0.15, -0.1) is 0 Å². The van der Waals surface area contributed by atoms with Crippen molar-refractivity contribution in [2.45, 2.75) is 44.6 Å². The third kappa shape index (κ3) is 4.29. The van der Waals surface area contributed by atoms with Crippen LogP contribution in [-0.2, 0) is 15.1 Å². The minimum Gasteiger partial charge on any atom is -0.383 e. The van der Waals surface area contributed by atoms with Gasteiger partial charge in [0, 0.05) is 63.2 Å². The third-order valence-electron chi connectivity index (χ3n) is 7.03. The predicted molar refractivity (Wildman–Crippen MR) is 125 cm³/mol. The number of aromatic nitrogens is 1. The van der Waals surface area contributed by atoms with Crippen molar-refractivity contribution in [1.82, 2.24) is 9.88 Å². The zero-order chi connectivity index (χ0) is 22.0. The van der Waals surface area contributed by atoms with Crippen LogP contribution < -0.4 is 0 Å². The summed E-state index contributed by atoms with van der Waals surface area (Å²) in [6.07, 6.45) is 10.1. The SMILES string of the molecule is CC1=C(c2ccc(C3(O)CCOCC3)nc2)CCC2CC=CN=C(N3CCOCC3)C2=N1. The summed E-state index contributed by atoms with van der Waals surface area (Å²) in [7, 11) is 0. The smallest absolute Gasteiger partial charge is 0.150 e. The lowest BCUT2D eigenvalue weighted by atomic mass is 9.88. The maximum atomic E-state index is 11.0. The van der Waals surface area contributed by atoms with Crippen LogP contribution in [0, 0.1) is 5.92 Å². The van der Waals surface area contributed by atoms with Crippen LogP contribution in [0.4, 0.5) is 0 Å². The standard InChI is InChI=1S/C25H32N4O3/c1-18-21(20-5-7-22(27-17-20)25(30)8-13-31-14-9-25)6-4-19-3-2-10-26-24(23(19)28-18)29-11-15-32-16-12-29/h2,5,7,10,17,19,30H,3-4,6,8-9,11-16H2,1H3. The molecule has 1 aromatic heterocycles. The number of amidine groups is 1. The van der Waals surface area contributed by atoms with Crippen LogP contribution in [0.2, 0.25) is 0 Å². The molecule has 170 valence electrons. The van der Waals surface area contributed by atoms with Gasteiger partial charge >= 0.3 is 0 Å². The molecule has 0 saturated carbocycles. The van der Waals surface area contributed by atoms with Gasteiger partial charge in [0.15, 0.2) is 5.84 Å². The van der Waals surface area contributed by atoms with Crippen molar-refractivity contribution in [3.05, 3.63) is 47.6 Å². The average molecular weight is 437 g/mol. The Hall–Kier alpha value is -2.35. The first-order valence-corrected chi connectivity index (χ1v) is 11.8. The van der Waals surface area contributed by atoms with E-state index in [0.717, 1.165) is 74.1 Å². The highest BCUT2D eigenvalue weighted by Crippen LogP contribution is 2.35. The Labute approximate surface area is 189 Å². The number of rotatable bonds is 2. The van der Waals surface area contributed by atoms with E-state index in [9.17, 15) is 5.11 Å². The van der Waals surface area contributed by atoms with Crippen LogP contribution in [0.1, 0.15) is 50.3 Å². The molecule has 0 spiro atoms. The number of ether oxygens (including phenoxy) is 2. The Morgan fingerprint density at radius 3 is 2.62 bits per heavy atom. The predicted octanol–water partition coefficient (Wildman–Crippen LogP) is 3.31. The molecular weight excluding hydrogens is 404 g/mol. The van der Waals surface area contributed by atoms with Crippen molar-refractivity contribution >= 4 is 17.1 Å². The Morgan fingerprint density at radius 1 is 1.09 bits per heavy atom. The maximum absolute atomic E-state index is 11.0. The third-order valence-corrected chi connectivity index (χ3v) is 7.03. The molecule has 5 rings (SSSR count). The largest absolute Gasteiger partial charge is 0.383 e. The van der Waals surface area contributed by atoms with Crippen LogP contribution in [0.3, 0.4) is 0 Å². The summed E-state index contributed by atoms with van der Waals surface area (Å²) >= 11 is 0. The molecule has 2 saturated heterocycles. The van der Waals surface area contributed by atoms with E-state index in [0.29, 0.717) is 32.0 Å². The van der Waals surface area contributed by atoms with E-state index in [-0.39, 0.29) is 0 Å². The van der Waals surface area contributed by atoms with Crippen molar-refractivity contribution in [3.63, 3.8) is 0 Å². The molecule has 7 heteroatoms. The zero-order valence-electron chi connectivity index (χ0n) is 18.8. The normalized spacial score (nSPS) is 26.1. The van der Waals surface area contributed by atoms with E-state index in [1.165, 1.54) is 5.57 Å². The van der Waals surface area contributed by atoms with Crippen molar-refractivity contribution in [1.29, 1.82) is 0 Å². The molecule has 5 heterocycles. The molecule has 0 radical (unpaired) electrons. The van der Waals surface area contributed by atoms with Gasteiger partial charge in [-0.2, -0.15) is 0 Å². The second kappa shape index (κ2) is 9.25. The highest BCUT2D eigenvalue weighted by atomic mass is 16.5. The van der Waals surface area contributed by atoms with E-state index in [4.69, 9.17) is 19.5 Å². The molecule has 1 aromatic rings. The number of aliphatic imine (C=N–C) groups is 2. The Bertz CT molecular complexity index is 952. The summed E-state index contributed by atoms with van der Waals surface area (Å²) in [5, 5.41) is 11.0.